The molecule has 1 aromatic rings. The lowest BCUT2D eigenvalue weighted by molar-refractivity contribution is -0.123. The van der Waals surface area contributed by atoms with Crippen molar-refractivity contribution in [2.24, 2.45) is 11.7 Å². The Morgan fingerprint density at radius 3 is 2.50 bits per heavy atom. The number of benzene rings is 1. The van der Waals surface area contributed by atoms with Crippen LogP contribution in [0.25, 0.3) is 0 Å². The number of rotatable bonds is 3. The standard InChI is InChI=1S/C14H18N2O3S/c1-20(19)12-6-4-10(5-7-12)14(18)16-8-2-3-11(9-16)13(15)17/h4-7,11H,2-3,8-9H2,1H3,(H2,15,17)/t11-,20+/m0/s1. The summed E-state index contributed by atoms with van der Waals surface area (Å²) in [5.74, 6) is -0.710. The molecule has 1 aliphatic rings. The van der Waals surface area contributed by atoms with E-state index in [1.807, 2.05) is 0 Å². The number of carbonyl (C=O) groups is 2. The number of likely N-dealkylation sites (tertiary alicyclic amines) is 1. The van der Waals surface area contributed by atoms with E-state index >= 15 is 0 Å². The summed E-state index contributed by atoms with van der Waals surface area (Å²) in [5, 5.41) is 0. The number of hydrogen-bond donors (Lipinski definition) is 1. The SMILES string of the molecule is C[S@@](=O)c1ccc(C(=O)N2CCC[C@H](C(N)=O)C2)cc1. The van der Waals surface area contributed by atoms with Crippen LogP contribution in [0.4, 0.5) is 0 Å². The molecular weight excluding hydrogens is 276 g/mol. The Morgan fingerprint density at radius 1 is 1.30 bits per heavy atom. The number of amides is 2. The molecule has 1 aromatic carbocycles. The highest BCUT2D eigenvalue weighted by Crippen LogP contribution is 2.19. The minimum atomic E-state index is -1.05. The molecule has 0 aromatic heterocycles. The van der Waals surface area contributed by atoms with Crippen LogP contribution >= 0.6 is 0 Å². The Balaban J connectivity index is 2.10. The fourth-order valence-electron chi connectivity index (χ4n) is 2.37. The Bertz CT molecular complexity index is 542. The predicted octanol–water partition coefficient (Wildman–Crippen LogP) is 0.761. The van der Waals surface area contributed by atoms with Gasteiger partial charge < -0.3 is 10.6 Å². The van der Waals surface area contributed by atoms with E-state index in [2.05, 4.69) is 0 Å². The molecule has 1 aliphatic heterocycles. The molecule has 0 saturated carbocycles. The van der Waals surface area contributed by atoms with Gasteiger partial charge in [-0.3, -0.25) is 13.8 Å². The zero-order valence-electron chi connectivity index (χ0n) is 11.4. The van der Waals surface area contributed by atoms with Crippen molar-refractivity contribution in [1.29, 1.82) is 0 Å². The minimum Gasteiger partial charge on any atom is -0.369 e. The van der Waals surface area contributed by atoms with Crippen LogP contribution in [0.3, 0.4) is 0 Å². The van der Waals surface area contributed by atoms with Crippen LogP contribution < -0.4 is 5.73 Å². The van der Waals surface area contributed by atoms with E-state index in [1.54, 1.807) is 35.4 Å². The third-order valence-electron chi connectivity index (χ3n) is 3.54. The van der Waals surface area contributed by atoms with E-state index in [0.717, 1.165) is 12.8 Å². The van der Waals surface area contributed by atoms with Crippen LogP contribution in [0.2, 0.25) is 0 Å². The lowest BCUT2D eigenvalue weighted by Crippen LogP contribution is -2.44. The summed E-state index contributed by atoms with van der Waals surface area (Å²) in [6.07, 6.45) is 3.13. The smallest absolute Gasteiger partial charge is 0.253 e. The summed E-state index contributed by atoms with van der Waals surface area (Å²) in [6, 6.07) is 6.73. The fourth-order valence-corrected chi connectivity index (χ4v) is 2.88. The maximum Gasteiger partial charge on any atom is 0.253 e. The van der Waals surface area contributed by atoms with Crippen LogP contribution in [0.5, 0.6) is 0 Å². The summed E-state index contributed by atoms with van der Waals surface area (Å²) >= 11 is 0. The second kappa shape index (κ2) is 6.17. The number of nitrogens with zero attached hydrogens (tertiary/aromatic N) is 1. The molecule has 108 valence electrons. The van der Waals surface area contributed by atoms with Crippen LogP contribution in [0.15, 0.2) is 29.2 Å². The minimum absolute atomic E-state index is 0.107. The monoisotopic (exact) mass is 294 g/mol. The zero-order chi connectivity index (χ0) is 14.7. The summed E-state index contributed by atoms with van der Waals surface area (Å²) in [7, 11) is -1.05. The molecule has 20 heavy (non-hydrogen) atoms. The van der Waals surface area contributed by atoms with Gasteiger partial charge >= 0.3 is 0 Å². The maximum atomic E-state index is 12.3. The third kappa shape index (κ3) is 3.25. The van der Waals surface area contributed by atoms with Gasteiger partial charge in [0, 0.05) is 40.6 Å². The van der Waals surface area contributed by atoms with Crippen LogP contribution in [-0.4, -0.2) is 40.3 Å². The first-order valence-electron chi connectivity index (χ1n) is 6.51. The Hall–Kier alpha value is -1.69. The van der Waals surface area contributed by atoms with E-state index in [1.165, 1.54) is 0 Å². The first-order chi connectivity index (χ1) is 9.49. The normalized spacial score (nSPS) is 20.4. The van der Waals surface area contributed by atoms with E-state index in [9.17, 15) is 13.8 Å². The first-order valence-corrected chi connectivity index (χ1v) is 8.07. The Kier molecular flexibility index (Phi) is 4.54. The molecule has 1 heterocycles. The highest BCUT2D eigenvalue weighted by atomic mass is 32.2. The highest BCUT2D eigenvalue weighted by Gasteiger charge is 2.27. The van der Waals surface area contributed by atoms with Crippen molar-refractivity contribution in [3.63, 3.8) is 0 Å². The van der Waals surface area contributed by atoms with Gasteiger partial charge in [-0.1, -0.05) is 0 Å². The quantitative estimate of drug-likeness (QED) is 0.893. The van der Waals surface area contributed by atoms with Gasteiger partial charge in [0.05, 0.1) is 5.92 Å². The molecule has 2 amide bonds. The largest absolute Gasteiger partial charge is 0.369 e. The Morgan fingerprint density at radius 2 is 1.95 bits per heavy atom. The maximum absolute atomic E-state index is 12.3. The number of nitrogens with two attached hydrogens (primary N) is 1. The molecule has 0 aliphatic carbocycles. The number of hydrogen-bond acceptors (Lipinski definition) is 3. The van der Waals surface area contributed by atoms with Crippen LogP contribution in [0.1, 0.15) is 23.2 Å². The van der Waals surface area contributed by atoms with E-state index in [-0.39, 0.29) is 17.7 Å². The summed E-state index contributed by atoms with van der Waals surface area (Å²) < 4.78 is 11.3. The van der Waals surface area contributed by atoms with Gasteiger partial charge in [0.15, 0.2) is 0 Å². The molecule has 0 unspecified atom stereocenters. The van der Waals surface area contributed by atoms with Gasteiger partial charge in [0.2, 0.25) is 5.91 Å². The van der Waals surface area contributed by atoms with Gasteiger partial charge in [-0.15, -0.1) is 0 Å². The molecule has 2 N–H and O–H groups in total. The fraction of sp³-hybridized carbons (Fsp3) is 0.429. The zero-order valence-corrected chi connectivity index (χ0v) is 12.2. The van der Waals surface area contributed by atoms with Crippen molar-refractivity contribution < 1.29 is 13.8 Å². The average molecular weight is 294 g/mol. The number of piperidine rings is 1. The van der Waals surface area contributed by atoms with Crippen molar-refractivity contribution in [3.05, 3.63) is 29.8 Å². The third-order valence-corrected chi connectivity index (χ3v) is 4.48. The molecule has 6 heteroatoms. The van der Waals surface area contributed by atoms with E-state index in [0.29, 0.717) is 23.5 Å². The van der Waals surface area contributed by atoms with Gasteiger partial charge in [-0.2, -0.15) is 0 Å². The summed E-state index contributed by atoms with van der Waals surface area (Å²) in [5.41, 5.74) is 5.86. The van der Waals surface area contributed by atoms with Gasteiger partial charge in [0.1, 0.15) is 0 Å². The number of carbonyl (C=O) groups excluding carboxylic acids is 2. The van der Waals surface area contributed by atoms with E-state index in [4.69, 9.17) is 5.73 Å². The van der Waals surface area contributed by atoms with Crippen molar-refractivity contribution in [2.45, 2.75) is 17.7 Å². The average Bonchev–Trinajstić information content (AvgIpc) is 2.46. The lowest BCUT2D eigenvalue weighted by atomic mass is 9.97. The van der Waals surface area contributed by atoms with Gasteiger partial charge in [0.25, 0.3) is 5.91 Å². The molecular formula is C14H18N2O3S. The van der Waals surface area contributed by atoms with Crippen LogP contribution in [0, 0.1) is 5.92 Å². The predicted molar refractivity (Wildman–Crippen MR) is 76.6 cm³/mol. The molecule has 0 spiro atoms. The van der Waals surface area contributed by atoms with E-state index < -0.39 is 10.8 Å². The van der Waals surface area contributed by atoms with Gasteiger partial charge in [-0.25, -0.2) is 0 Å². The lowest BCUT2D eigenvalue weighted by Gasteiger charge is -2.31. The second-order valence-electron chi connectivity index (χ2n) is 4.97. The van der Waals surface area contributed by atoms with Crippen molar-refractivity contribution >= 4 is 22.6 Å². The second-order valence-corrected chi connectivity index (χ2v) is 6.35. The molecule has 2 atom stereocenters. The van der Waals surface area contributed by atoms with Gasteiger partial charge in [-0.05, 0) is 37.1 Å². The Labute approximate surface area is 120 Å². The molecule has 0 bridgehead atoms. The first kappa shape index (κ1) is 14.7. The highest BCUT2D eigenvalue weighted by molar-refractivity contribution is 7.84. The van der Waals surface area contributed by atoms with Crippen molar-refractivity contribution in [2.75, 3.05) is 19.3 Å². The topological polar surface area (TPSA) is 80.5 Å². The van der Waals surface area contributed by atoms with Crippen molar-refractivity contribution in [1.82, 2.24) is 4.90 Å². The molecule has 5 nitrogen and oxygen atoms in total. The summed E-state index contributed by atoms with van der Waals surface area (Å²) in [6.45, 7) is 1.03. The van der Waals surface area contributed by atoms with Crippen molar-refractivity contribution in [3.8, 4) is 0 Å². The molecule has 1 fully saturated rings. The molecule has 0 radical (unpaired) electrons. The number of primary amides is 1. The molecule has 2 rings (SSSR count). The summed E-state index contributed by atoms with van der Waals surface area (Å²) in [4.78, 5) is 25.9. The van der Waals surface area contributed by atoms with Crippen LogP contribution in [-0.2, 0) is 15.6 Å². The molecule has 1 saturated heterocycles.